The van der Waals surface area contributed by atoms with Gasteiger partial charge in [0.25, 0.3) is 0 Å². The first kappa shape index (κ1) is 17.7. The van der Waals surface area contributed by atoms with E-state index in [-0.39, 0.29) is 0 Å². The second kappa shape index (κ2) is 7.87. The van der Waals surface area contributed by atoms with Crippen molar-refractivity contribution < 1.29 is 4.74 Å². The number of nitrogens with one attached hydrogen (secondary N) is 2. The van der Waals surface area contributed by atoms with Gasteiger partial charge in [0, 0.05) is 55.7 Å². The Morgan fingerprint density at radius 3 is 3.19 bits per heavy atom. The van der Waals surface area contributed by atoms with Gasteiger partial charge >= 0.3 is 0 Å². The molecule has 1 aromatic carbocycles. The molecule has 1 fully saturated rings. The first-order chi connectivity index (χ1) is 13.2. The fourth-order valence-corrected chi connectivity index (χ4v) is 4.06. The minimum Gasteiger partial charge on any atom is -0.497 e. The number of thiazole rings is 1. The highest BCUT2D eigenvalue weighted by Crippen LogP contribution is 2.24. The maximum Gasteiger partial charge on any atom is 0.193 e. The largest absolute Gasteiger partial charge is 0.497 e. The highest BCUT2D eigenvalue weighted by atomic mass is 32.1. The van der Waals surface area contributed by atoms with Gasteiger partial charge in [-0.25, -0.2) is 4.98 Å². The van der Waals surface area contributed by atoms with Crippen LogP contribution >= 0.6 is 11.3 Å². The second-order valence-corrected chi connectivity index (χ2v) is 7.40. The van der Waals surface area contributed by atoms with Crippen LogP contribution in [0.1, 0.15) is 12.1 Å². The number of nitrogens with zero attached hydrogens (tertiary/aromatic N) is 4. The van der Waals surface area contributed by atoms with Gasteiger partial charge in [-0.2, -0.15) is 0 Å². The fraction of sp³-hybridized carbons (Fsp3) is 0.368. The van der Waals surface area contributed by atoms with Crippen LogP contribution in [0.2, 0.25) is 0 Å². The number of rotatable bonds is 5. The molecule has 1 unspecified atom stereocenters. The molecule has 7 nitrogen and oxygen atoms in total. The molecule has 2 N–H and O–H groups in total. The molecule has 27 heavy (non-hydrogen) atoms. The van der Waals surface area contributed by atoms with Gasteiger partial charge in [-0.1, -0.05) is 6.07 Å². The second-order valence-electron chi connectivity index (χ2n) is 6.53. The summed E-state index contributed by atoms with van der Waals surface area (Å²) in [6, 6.07) is 8.57. The van der Waals surface area contributed by atoms with Crippen molar-refractivity contribution >= 4 is 27.9 Å². The predicted octanol–water partition coefficient (Wildman–Crippen LogP) is 2.35. The van der Waals surface area contributed by atoms with E-state index in [4.69, 9.17) is 4.74 Å². The third-order valence-corrected chi connectivity index (χ3v) is 5.52. The van der Waals surface area contributed by atoms with Crippen molar-refractivity contribution in [1.82, 2.24) is 20.0 Å². The Morgan fingerprint density at radius 2 is 2.37 bits per heavy atom. The van der Waals surface area contributed by atoms with Crippen molar-refractivity contribution in [3.63, 3.8) is 0 Å². The fourth-order valence-electron chi connectivity index (χ4n) is 3.34. The van der Waals surface area contributed by atoms with E-state index in [1.165, 1.54) is 5.69 Å². The standard InChI is InChI=1S/C19H24N6OS/c1-20-18(21-11-15-13-25-8-9-27-19(25)23-15)22-14-6-7-24(12-14)16-4-3-5-17(10-16)26-2/h3-5,8-10,13-14H,6-7,11-12H2,1-2H3,(H2,20,21,22). The van der Waals surface area contributed by atoms with Gasteiger partial charge < -0.3 is 20.3 Å². The van der Waals surface area contributed by atoms with Gasteiger partial charge in [0.2, 0.25) is 0 Å². The molecular weight excluding hydrogens is 360 g/mol. The van der Waals surface area contributed by atoms with E-state index in [1.807, 2.05) is 34.3 Å². The maximum absolute atomic E-state index is 5.33. The molecule has 0 spiro atoms. The van der Waals surface area contributed by atoms with Crippen LogP contribution in [0, 0.1) is 0 Å². The van der Waals surface area contributed by atoms with Crippen molar-refractivity contribution in [3.05, 3.63) is 47.7 Å². The summed E-state index contributed by atoms with van der Waals surface area (Å²) in [6.07, 6.45) is 5.14. The Labute approximate surface area is 162 Å². The van der Waals surface area contributed by atoms with Crippen molar-refractivity contribution in [3.8, 4) is 5.75 Å². The lowest BCUT2D eigenvalue weighted by atomic mass is 10.2. The van der Waals surface area contributed by atoms with Gasteiger partial charge in [-0.05, 0) is 18.6 Å². The van der Waals surface area contributed by atoms with Crippen LogP contribution in [0.25, 0.3) is 4.96 Å². The molecule has 8 heteroatoms. The lowest BCUT2D eigenvalue weighted by Gasteiger charge is -2.20. The molecule has 1 atom stereocenters. The molecule has 0 bridgehead atoms. The molecule has 3 heterocycles. The lowest BCUT2D eigenvalue weighted by Crippen LogP contribution is -2.44. The van der Waals surface area contributed by atoms with E-state index >= 15 is 0 Å². The molecule has 0 aliphatic carbocycles. The molecule has 142 valence electrons. The predicted molar refractivity (Wildman–Crippen MR) is 110 cm³/mol. The van der Waals surface area contributed by atoms with Gasteiger partial charge in [0.1, 0.15) is 5.75 Å². The smallest absolute Gasteiger partial charge is 0.193 e. The summed E-state index contributed by atoms with van der Waals surface area (Å²) in [5.74, 6) is 1.70. The van der Waals surface area contributed by atoms with Gasteiger partial charge in [0.05, 0.1) is 19.3 Å². The third-order valence-electron chi connectivity index (χ3n) is 4.75. The van der Waals surface area contributed by atoms with Crippen molar-refractivity contribution in [2.45, 2.75) is 19.0 Å². The molecule has 0 saturated carbocycles. The number of imidazole rings is 1. The summed E-state index contributed by atoms with van der Waals surface area (Å²) < 4.78 is 7.38. The quantitative estimate of drug-likeness (QED) is 0.522. The van der Waals surface area contributed by atoms with Crippen molar-refractivity contribution in [2.75, 3.05) is 32.1 Å². The zero-order chi connectivity index (χ0) is 18.6. The average Bonchev–Trinajstić information content (AvgIpc) is 3.41. The Kier molecular flexibility index (Phi) is 5.15. The molecule has 4 rings (SSSR count). The average molecular weight is 385 g/mol. The van der Waals surface area contributed by atoms with Crippen LogP contribution < -0.4 is 20.3 Å². The molecule has 0 amide bonds. The molecule has 3 aromatic rings. The minimum atomic E-state index is 0.355. The summed E-state index contributed by atoms with van der Waals surface area (Å²) in [5, 5.41) is 8.93. The van der Waals surface area contributed by atoms with Crippen molar-refractivity contribution in [1.29, 1.82) is 0 Å². The van der Waals surface area contributed by atoms with E-state index < -0.39 is 0 Å². The lowest BCUT2D eigenvalue weighted by molar-refractivity contribution is 0.415. The number of fused-ring (bicyclic) bond motifs is 1. The third kappa shape index (κ3) is 4.00. The molecular formula is C19H24N6OS. The Hall–Kier alpha value is -2.74. The molecule has 1 aliphatic heterocycles. The number of benzene rings is 1. The SMILES string of the molecule is CN=C(NCc1cn2ccsc2n1)NC1CCN(c2cccc(OC)c2)C1. The van der Waals surface area contributed by atoms with Gasteiger partial charge in [0.15, 0.2) is 10.9 Å². The van der Waals surface area contributed by atoms with Gasteiger partial charge in [-0.15, -0.1) is 11.3 Å². The number of hydrogen-bond donors (Lipinski definition) is 2. The van der Waals surface area contributed by atoms with E-state index in [0.717, 1.165) is 41.9 Å². The molecule has 2 aromatic heterocycles. The summed E-state index contributed by atoms with van der Waals surface area (Å²) in [6.45, 7) is 2.60. The normalized spacial score (nSPS) is 17.5. The van der Waals surface area contributed by atoms with E-state index in [0.29, 0.717) is 12.6 Å². The monoisotopic (exact) mass is 384 g/mol. The zero-order valence-corrected chi connectivity index (χ0v) is 16.4. The molecule has 1 saturated heterocycles. The first-order valence-electron chi connectivity index (χ1n) is 9.02. The molecule has 1 aliphatic rings. The number of hydrogen-bond acceptors (Lipinski definition) is 5. The number of aliphatic imine (C=N–C) groups is 1. The number of aromatic nitrogens is 2. The summed E-state index contributed by atoms with van der Waals surface area (Å²) in [7, 11) is 3.50. The number of ether oxygens (including phenoxy) is 1. The Bertz CT molecular complexity index is 905. The summed E-state index contributed by atoms with van der Waals surface area (Å²) in [5.41, 5.74) is 2.20. The highest BCUT2D eigenvalue weighted by Gasteiger charge is 2.23. The number of methoxy groups -OCH3 is 1. The minimum absolute atomic E-state index is 0.355. The zero-order valence-electron chi connectivity index (χ0n) is 15.6. The van der Waals surface area contributed by atoms with E-state index in [2.05, 4.69) is 37.6 Å². The number of guanidine groups is 1. The van der Waals surface area contributed by atoms with E-state index in [1.54, 1.807) is 25.5 Å². The maximum atomic E-state index is 5.33. The van der Waals surface area contributed by atoms with Crippen LogP contribution in [0.3, 0.4) is 0 Å². The van der Waals surface area contributed by atoms with Crippen LogP contribution in [0.15, 0.2) is 47.0 Å². The number of anilines is 1. The van der Waals surface area contributed by atoms with E-state index in [9.17, 15) is 0 Å². The Morgan fingerprint density at radius 1 is 1.44 bits per heavy atom. The summed E-state index contributed by atoms with van der Waals surface area (Å²) >= 11 is 1.64. The topological polar surface area (TPSA) is 66.2 Å². The first-order valence-corrected chi connectivity index (χ1v) is 9.90. The van der Waals surface area contributed by atoms with Crippen LogP contribution in [-0.4, -0.2) is 48.6 Å². The molecule has 0 radical (unpaired) electrons. The van der Waals surface area contributed by atoms with Crippen molar-refractivity contribution in [2.24, 2.45) is 4.99 Å². The Balaban J connectivity index is 1.31. The van der Waals surface area contributed by atoms with Crippen LogP contribution in [0.5, 0.6) is 5.75 Å². The van der Waals surface area contributed by atoms with Gasteiger partial charge in [-0.3, -0.25) is 9.39 Å². The van der Waals surface area contributed by atoms with Crippen LogP contribution in [-0.2, 0) is 6.54 Å². The highest BCUT2D eigenvalue weighted by molar-refractivity contribution is 7.15. The summed E-state index contributed by atoms with van der Waals surface area (Å²) in [4.78, 5) is 12.3. The van der Waals surface area contributed by atoms with Crippen LogP contribution in [0.4, 0.5) is 5.69 Å².